The largest absolute Gasteiger partial charge is 0.478 e. The molecule has 0 aliphatic heterocycles. The van der Waals surface area contributed by atoms with Gasteiger partial charge in [0.05, 0.1) is 11.2 Å². The van der Waals surface area contributed by atoms with Crippen LogP contribution in [0.1, 0.15) is 62.5 Å². The first-order valence-electron chi connectivity index (χ1n) is 10.5. The molecule has 2 saturated carbocycles. The van der Waals surface area contributed by atoms with E-state index in [0.29, 0.717) is 36.8 Å². The minimum Gasteiger partial charge on any atom is -0.478 e. The molecule has 2 fully saturated rings. The molecule has 0 spiro atoms. The zero-order valence-corrected chi connectivity index (χ0v) is 18.2. The number of carbonyl (C=O) groups excluding carboxylic acids is 1. The number of aliphatic hydroxyl groups is 3. The van der Waals surface area contributed by atoms with Gasteiger partial charge < -0.3 is 29.2 Å². The number of aliphatic hydroxyl groups excluding tert-OH is 1. The predicted molar refractivity (Wildman–Crippen MR) is 106 cm³/mol. The third kappa shape index (κ3) is 4.05. The Morgan fingerprint density at radius 1 is 1.09 bits per heavy atom. The molecule has 1 unspecified atom stereocenters. The van der Waals surface area contributed by atoms with Gasteiger partial charge in [0, 0.05) is 17.2 Å². The molecule has 0 amide bonds. The molecule has 184 valence electrons. The average molecular weight is 494 g/mol. The fraction of sp³-hybridized carbons (Fsp3) is 0.650. The van der Waals surface area contributed by atoms with E-state index >= 15 is 0 Å². The third-order valence-corrected chi connectivity index (χ3v) is 7.32. The van der Waals surface area contributed by atoms with E-state index in [2.05, 4.69) is 4.74 Å². The zero-order chi connectivity index (χ0) is 24.2. The van der Waals surface area contributed by atoms with Gasteiger partial charge >= 0.3 is 21.3 Å². The number of carbonyl (C=O) groups is 1. The van der Waals surface area contributed by atoms with Crippen molar-refractivity contribution < 1.29 is 55.8 Å². The van der Waals surface area contributed by atoms with Crippen LogP contribution in [0.3, 0.4) is 0 Å². The first-order chi connectivity index (χ1) is 15.3. The molecule has 2 aromatic rings. The third-order valence-electron chi connectivity index (χ3n) is 6.43. The maximum Gasteiger partial charge on any atom is 0.430 e. The summed E-state index contributed by atoms with van der Waals surface area (Å²) in [7, 11) is -6.03. The van der Waals surface area contributed by atoms with Crippen molar-refractivity contribution in [2.24, 2.45) is 0 Å². The summed E-state index contributed by atoms with van der Waals surface area (Å²) in [5.74, 6) is -1.54. The minimum atomic E-state index is -6.03. The van der Waals surface area contributed by atoms with E-state index in [1.807, 2.05) is 0 Å². The van der Waals surface area contributed by atoms with Crippen LogP contribution in [0.4, 0.5) is 8.78 Å². The van der Waals surface area contributed by atoms with Crippen LogP contribution in [0.15, 0.2) is 10.5 Å². The van der Waals surface area contributed by atoms with E-state index in [4.69, 9.17) is 13.7 Å². The maximum absolute atomic E-state index is 13.3. The molecule has 2 heterocycles. The number of furan rings is 2. The van der Waals surface area contributed by atoms with Crippen molar-refractivity contribution in [1.29, 1.82) is 0 Å². The average Bonchev–Trinajstić information content (AvgIpc) is 3.49. The van der Waals surface area contributed by atoms with Crippen molar-refractivity contribution >= 4 is 27.3 Å². The summed E-state index contributed by atoms with van der Waals surface area (Å²) in [6.07, 6.45) is 1.57. The van der Waals surface area contributed by atoms with Gasteiger partial charge in [-0.25, -0.2) is 4.79 Å². The Balaban J connectivity index is 1.56. The van der Waals surface area contributed by atoms with Crippen LogP contribution in [0.2, 0.25) is 0 Å². The van der Waals surface area contributed by atoms with Gasteiger partial charge in [-0.15, -0.1) is 0 Å². The lowest BCUT2D eigenvalue weighted by Gasteiger charge is -2.30. The first kappa shape index (κ1) is 24.1. The van der Waals surface area contributed by atoms with Gasteiger partial charge in [-0.1, -0.05) is 25.7 Å². The molecule has 13 heteroatoms. The number of alkyl halides is 2. The zero-order valence-electron chi connectivity index (χ0n) is 17.4. The van der Waals surface area contributed by atoms with Crippen LogP contribution in [0, 0.1) is 0 Å². The molecule has 2 aromatic heterocycles. The quantitative estimate of drug-likeness (QED) is 0.243. The van der Waals surface area contributed by atoms with E-state index in [-0.39, 0.29) is 16.9 Å². The highest BCUT2D eigenvalue weighted by molar-refractivity contribution is 7.86. The smallest absolute Gasteiger partial charge is 0.430 e. The molecule has 0 aromatic carbocycles. The number of benzene rings is 1. The van der Waals surface area contributed by atoms with Crippen LogP contribution >= 0.6 is 0 Å². The minimum absolute atomic E-state index is 0.00125. The van der Waals surface area contributed by atoms with Gasteiger partial charge in [-0.05, 0) is 25.7 Å². The summed E-state index contributed by atoms with van der Waals surface area (Å²) in [5, 5.41) is 26.5. The Kier molecular flexibility index (Phi) is 5.85. The second kappa shape index (κ2) is 8.01. The Morgan fingerprint density at radius 2 is 1.61 bits per heavy atom. The van der Waals surface area contributed by atoms with E-state index in [9.17, 15) is 37.3 Å². The summed E-state index contributed by atoms with van der Waals surface area (Å²) < 4.78 is 71.4. The molecule has 0 saturated heterocycles. The monoisotopic (exact) mass is 494 g/mol. The van der Waals surface area contributed by atoms with Gasteiger partial charge in [0.25, 0.3) is 6.29 Å². The summed E-state index contributed by atoms with van der Waals surface area (Å²) in [6, 6.07) is 1.40. The van der Waals surface area contributed by atoms with Crippen LogP contribution in [-0.2, 0) is 30.9 Å². The summed E-state index contributed by atoms with van der Waals surface area (Å²) in [6.45, 7) is -1.00. The summed E-state index contributed by atoms with van der Waals surface area (Å²) in [5.41, 5.74) is -1.16. The van der Waals surface area contributed by atoms with Crippen molar-refractivity contribution in [2.45, 2.75) is 74.1 Å². The molecule has 10 nitrogen and oxygen atoms in total. The number of fused-ring (bicyclic) bond motifs is 2. The number of ether oxygens (including phenoxy) is 2. The molecule has 4 rings (SSSR count). The molecule has 2 aliphatic carbocycles. The van der Waals surface area contributed by atoms with Gasteiger partial charge in [-0.2, -0.15) is 17.2 Å². The maximum atomic E-state index is 13.3. The van der Waals surface area contributed by atoms with Crippen molar-refractivity contribution in [1.82, 2.24) is 0 Å². The Labute approximate surface area is 187 Å². The highest BCUT2D eigenvalue weighted by atomic mass is 32.2. The van der Waals surface area contributed by atoms with Crippen molar-refractivity contribution in [3.63, 3.8) is 0 Å². The molecular formula is C20H24F2O10S. The van der Waals surface area contributed by atoms with Crippen LogP contribution < -0.4 is 4.74 Å². The molecule has 2 aliphatic rings. The normalized spacial score (nSPS) is 21.5. The predicted octanol–water partition coefficient (Wildman–Crippen LogP) is 2.11. The van der Waals surface area contributed by atoms with E-state index in [0.717, 1.165) is 25.7 Å². The van der Waals surface area contributed by atoms with E-state index in [1.54, 1.807) is 0 Å². The summed E-state index contributed by atoms with van der Waals surface area (Å²) >= 11 is 0. The SMILES string of the molecule is O=C(COc1cc2oc1c(C1(O)CCCC1)c2C1(O)CCCC1)OC(O)C(F)(F)S(=O)(=O)O. The van der Waals surface area contributed by atoms with E-state index < -0.39 is 45.4 Å². The van der Waals surface area contributed by atoms with Gasteiger partial charge in [0.1, 0.15) is 5.58 Å². The first-order valence-corrected chi connectivity index (χ1v) is 11.9. The Bertz CT molecular complexity index is 1130. The van der Waals surface area contributed by atoms with Crippen molar-refractivity contribution in [3.05, 3.63) is 17.2 Å². The number of hydrogen-bond donors (Lipinski definition) is 4. The number of halogens is 2. The lowest BCUT2D eigenvalue weighted by Crippen LogP contribution is -2.44. The molecule has 0 radical (unpaired) electrons. The standard InChI is InChI=1S/C20H24F2O10S/c21-20(22,33(27,28)29)17(24)32-13(23)10-30-12-9-11-14(18(25)5-1-2-6-18)15(16(12)31-11)19(26)7-3-4-8-19/h9,17,24-26H,1-8,10H2,(H,27,28,29). The van der Waals surface area contributed by atoms with Crippen molar-refractivity contribution in [3.8, 4) is 5.75 Å². The Hall–Kier alpha value is -2.06. The van der Waals surface area contributed by atoms with Crippen molar-refractivity contribution in [2.75, 3.05) is 6.61 Å². The van der Waals surface area contributed by atoms with Crippen LogP contribution in [-0.4, -0.2) is 52.4 Å². The number of rotatable bonds is 8. The molecule has 33 heavy (non-hydrogen) atoms. The lowest BCUT2D eigenvalue weighted by molar-refractivity contribution is -0.206. The fourth-order valence-electron chi connectivity index (χ4n) is 4.83. The number of esters is 1. The highest BCUT2D eigenvalue weighted by Crippen LogP contribution is 2.54. The highest BCUT2D eigenvalue weighted by Gasteiger charge is 2.54. The summed E-state index contributed by atoms with van der Waals surface area (Å²) in [4.78, 5) is 11.8. The van der Waals surface area contributed by atoms with Gasteiger partial charge in [0.2, 0.25) is 0 Å². The second-order valence-corrected chi connectivity index (χ2v) is 10.2. The van der Waals surface area contributed by atoms with Gasteiger partial charge in [0.15, 0.2) is 17.9 Å². The van der Waals surface area contributed by atoms with Crippen LogP contribution in [0.5, 0.6) is 5.75 Å². The fourth-order valence-corrected chi connectivity index (χ4v) is 5.14. The topological polar surface area (TPSA) is 164 Å². The van der Waals surface area contributed by atoms with Gasteiger partial charge in [-0.3, -0.25) is 4.55 Å². The molecule has 4 N–H and O–H groups in total. The molecular weight excluding hydrogens is 470 g/mol. The second-order valence-electron chi connectivity index (χ2n) is 8.70. The lowest BCUT2D eigenvalue weighted by atomic mass is 9.80. The van der Waals surface area contributed by atoms with Crippen LogP contribution in [0.25, 0.3) is 11.2 Å². The Morgan fingerprint density at radius 3 is 2.12 bits per heavy atom. The molecule has 2 bridgehead atoms. The molecule has 1 atom stereocenters. The van der Waals surface area contributed by atoms with E-state index in [1.165, 1.54) is 6.07 Å². The number of hydrogen-bond acceptors (Lipinski definition) is 9.